The Kier molecular flexibility index (Phi) is 6.44. The monoisotopic (exact) mass is 223 g/mol. The van der Waals surface area contributed by atoms with Gasteiger partial charge in [-0.15, -0.1) is 0 Å². The summed E-state index contributed by atoms with van der Waals surface area (Å²) in [5, 5.41) is 12.3. The van der Waals surface area contributed by atoms with Gasteiger partial charge in [0.1, 0.15) is 0 Å². The van der Waals surface area contributed by atoms with Crippen molar-refractivity contribution in [3.05, 3.63) is 0 Å². The van der Waals surface area contributed by atoms with E-state index in [9.17, 15) is 0 Å². The fraction of sp³-hybridized carbons (Fsp3) is 0.923. The van der Waals surface area contributed by atoms with E-state index in [1.165, 1.54) is 25.8 Å². The summed E-state index contributed by atoms with van der Waals surface area (Å²) < 4.78 is 0. The van der Waals surface area contributed by atoms with Crippen LogP contribution in [0.25, 0.3) is 0 Å². The second-order valence-corrected chi connectivity index (χ2v) is 5.00. The van der Waals surface area contributed by atoms with E-state index in [1.807, 2.05) is 6.92 Å². The zero-order valence-electron chi connectivity index (χ0n) is 10.7. The van der Waals surface area contributed by atoms with Crippen LogP contribution < -0.4 is 5.32 Å². The molecule has 2 atom stereocenters. The van der Waals surface area contributed by atoms with E-state index in [4.69, 9.17) is 5.26 Å². The predicted octanol–water partition coefficient (Wildman–Crippen LogP) is 1.86. The van der Waals surface area contributed by atoms with Gasteiger partial charge in [-0.25, -0.2) is 0 Å². The first kappa shape index (κ1) is 13.5. The van der Waals surface area contributed by atoms with Crippen LogP contribution in [0.5, 0.6) is 0 Å². The molecule has 0 amide bonds. The second kappa shape index (κ2) is 7.65. The first-order valence-corrected chi connectivity index (χ1v) is 6.59. The molecule has 0 aromatic heterocycles. The predicted molar refractivity (Wildman–Crippen MR) is 67.1 cm³/mol. The number of piperidine rings is 1. The van der Waals surface area contributed by atoms with Gasteiger partial charge < -0.3 is 10.2 Å². The molecule has 1 fully saturated rings. The highest BCUT2D eigenvalue weighted by molar-refractivity contribution is 4.82. The fourth-order valence-corrected chi connectivity index (χ4v) is 2.45. The zero-order chi connectivity index (χ0) is 11.8. The van der Waals surface area contributed by atoms with Gasteiger partial charge in [-0.05, 0) is 51.7 Å². The first-order valence-electron chi connectivity index (χ1n) is 6.59. The summed E-state index contributed by atoms with van der Waals surface area (Å²) >= 11 is 0. The maximum atomic E-state index is 8.87. The maximum absolute atomic E-state index is 8.87. The Morgan fingerprint density at radius 2 is 2.38 bits per heavy atom. The van der Waals surface area contributed by atoms with Crippen LogP contribution >= 0.6 is 0 Å². The Morgan fingerprint density at radius 1 is 1.56 bits per heavy atom. The molecule has 1 N–H and O–H groups in total. The van der Waals surface area contributed by atoms with E-state index < -0.39 is 0 Å². The van der Waals surface area contributed by atoms with Gasteiger partial charge in [0, 0.05) is 13.1 Å². The lowest BCUT2D eigenvalue weighted by Crippen LogP contribution is -2.40. The molecule has 16 heavy (non-hydrogen) atoms. The van der Waals surface area contributed by atoms with E-state index in [2.05, 4.69) is 23.2 Å². The van der Waals surface area contributed by atoms with Crippen LogP contribution in [0.4, 0.5) is 0 Å². The molecule has 1 saturated heterocycles. The van der Waals surface area contributed by atoms with Crippen molar-refractivity contribution < 1.29 is 0 Å². The number of nitrogens with zero attached hydrogens (tertiary/aromatic N) is 2. The van der Waals surface area contributed by atoms with Gasteiger partial charge in [-0.2, -0.15) is 5.26 Å². The van der Waals surface area contributed by atoms with Crippen molar-refractivity contribution in [3.8, 4) is 6.07 Å². The topological polar surface area (TPSA) is 39.1 Å². The molecule has 0 aromatic rings. The molecule has 3 heteroatoms. The van der Waals surface area contributed by atoms with Gasteiger partial charge >= 0.3 is 0 Å². The molecule has 0 spiro atoms. The van der Waals surface area contributed by atoms with E-state index in [0.29, 0.717) is 0 Å². The smallest absolute Gasteiger partial charge is 0.0666 e. The van der Waals surface area contributed by atoms with Crippen molar-refractivity contribution in [2.75, 3.05) is 32.7 Å². The first-order chi connectivity index (χ1) is 7.76. The SMILES string of the molecule is CCCN(CC(C)C#N)CC1CCCNC1. The maximum Gasteiger partial charge on any atom is 0.0666 e. The number of hydrogen-bond donors (Lipinski definition) is 1. The van der Waals surface area contributed by atoms with Gasteiger partial charge in [0.25, 0.3) is 0 Å². The minimum atomic E-state index is 0.156. The van der Waals surface area contributed by atoms with Crippen LogP contribution in [-0.2, 0) is 0 Å². The van der Waals surface area contributed by atoms with Crippen molar-refractivity contribution in [1.82, 2.24) is 10.2 Å². The Hall–Kier alpha value is -0.590. The molecule has 0 saturated carbocycles. The molecule has 1 rings (SSSR count). The zero-order valence-corrected chi connectivity index (χ0v) is 10.7. The second-order valence-electron chi connectivity index (χ2n) is 5.00. The van der Waals surface area contributed by atoms with Crippen LogP contribution in [0.1, 0.15) is 33.1 Å². The van der Waals surface area contributed by atoms with Crippen molar-refractivity contribution in [1.29, 1.82) is 5.26 Å². The van der Waals surface area contributed by atoms with E-state index in [-0.39, 0.29) is 5.92 Å². The summed E-state index contributed by atoms with van der Waals surface area (Å²) in [6.07, 6.45) is 3.82. The molecule has 3 nitrogen and oxygen atoms in total. The van der Waals surface area contributed by atoms with E-state index >= 15 is 0 Å². The standard InChI is InChI=1S/C13H25N3/c1-3-7-16(10-12(2)8-14)11-13-5-4-6-15-9-13/h12-13,15H,3-7,9-11H2,1-2H3. The van der Waals surface area contributed by atoms with Gasteiger partial charge in [0.05, 0.1) is 12.0 Å². The van der Waals surface area contributed by atoms with E-state index in [0.717, 1.165) is 32.1 Å². The average Bonchev–Trinajstić information content (AvgIpc) is 2.30. The lowest BCUT2D eigenvalue weighted by Gasteiger charge is -2.30. The molecule has 92 valence electrons. The molecular weight excluding hydrogens is 198 g/mol. The van der Waals surface area contributed by atoms with Crippen LogP contribution in [0.15, 0.2) is 0 Å². The van der Waals surface area contributed by atoms with Gasteiger partial charge in [-0.1, -0.05) is 6.92 Å². The minimum Gasteiger partial charge on any atom is -0.316 e. The van der Waals surface area contributed by atoms with Gasteiger partial charge in [0.15, 0.2) is 0 Å². The van der Waals surface area contributed by atoms with Crippen molar-refractivity contribution in [2.45, 2.75) is 33.1 Å². The average molecular weight is 223 g/mol. The minimum absolute atomic E-state index is 0.156. The quantitative estimate of drug-likeness (QED) is 0.747. The van der Waals surface area contributed by atoms with Gasteiger partial charge in [0.2, 0.25) is 0 Å². The summed E-state index contributed by atoms with van der Waals surface area (Å²) in [6.45, 7) is 9.78. The molecule has 1 heterocycles. The van der Waals surface area contributed by atoms with Crippen molar-refractivity contribution in [3.63, 3.8) is 0 Å². The largest absolute Gasteiger partial charge is 0.316 e. The summed E-state index contributed by atoms with van der Waals surface area (Å²) in [7, 11) is 0. The third kappa shape index (κ3) is 4.96. The number of nitrogens with one attached hydrogen (secondary N) is 1. The molecule has 2 unspecified atom stereocenters. The molecule has 0 aliphatic carbocycles. The molecule has 1 aliphatic rings. The number of nitriles is 1. The molecule has 1 aliphatic heterocycles. The summed E-state index contributed by atoms with van der Waals surface area (Å²) in [5.41, 5.74) is 0. The highest BCUT2D eigenvalue weighted by atomic mass is 15.1. The summed E-state index contributed by atoms with van der Waals surface area (Å²) in [5.74, 6) is 0.939. The third-order valence-corrected chi connectivity index (χ3v) is 3.21. The lowest BCUT2D eigenvalue weighted by molar-refractivity contribution is 0.197. The van der Waals surface area contributed by atoms with Crippen LogP contribution in [0.3, 0.4) is 0 Å². The number of hydrogen-bond acceptors (Lipinski definition) is 3. The Morgan fingerprint density at radius 3 is 2.94 bits per heavy atom. The highest BCUT2D eigenvalue weighted by Crippen LogP contribution is 2.13. The van der Waals surface area contributed by atoms with Crippen molar-refractivity contribution >= 4 is 0 Å². The molecular formula is C13H25N3. The molecule has 0 aromatic carbocycles. The molecule has 0 radical (unpaired) electrons. The van der Waals surface area contributed by atoms with Crippen LogP contribution in [0, 0.1) is 23.2 Å². The summed E-state index contributed by atoms with van der Waals surface area (Å²) in [4.78, 5) is 2.46. The normalized spacial score (nSPS) is 23.0. The fourth-order valence-electron chi connectivity index (χ4n) is 2.45. The lowest BCUT2D eigenvalue weighted by atomic mass is 9.98. The highest BCUT2D eigenvalue weighted by Gasteiger charge is 2.17. The van der Waals surface area contributed by atoms with Gasteiger partial charge in [-0.3, -0.25) is 0 Å². The number of rotatable bonds is 6. The Balaban J connectivity index is 2.34. The third-order valence-electron chi connectivity index (χ3n) is 3.21. The Bertz CT molecular complexity index is 216. The summed E-state index contributed by atoms with van der Waals surface area (Å²) in [6, 6.07) is 2.33. The van der Waals surface area contributed by atoms with Crippen LogP contribution in [-0.4, -0.2) is 37.6 Å². The van der Waals surface area contributed by atoms with Crippen LogP contribution in [0.2, 0.25) is 0 Å². The molecule has 0 bridgehead atoms. The Labute approximate surface area is 99.8 Å². The van der Waals surface area contributed by atoms with Crippen molar-refractivity contribution in [2.24, 2.45) is 11.8 Å². The van der Waals surface area contributed by atoms with E-state index in [1.54, 1.807) is 0 Å².